The van der Waals surface area contributed by atoms with Crippen LogP contribution in [0.2, 0.25) is 0 Å². The number of rotatable bonds is 13. The first-order valence-corrected chi connectivity index (χ1v) is 19.0. The lowest BCUT2D eigenvalue weighted by Crippen LogP contribution is -2.04. The van der Waals surface area contributed by atoms with Crippen molar-refractivity contribution in [3.05, 3.63) is 108 Å². The fourth-order valence-electron chi connectivity index (χ4n) is 3.19. The Morgan fingerprint density at radius 3 is 1.23 bits per heavy atom. The molecule has 0 unspecified atom stereocenters. The van der Waals surface area contributed by atoms with Gasteiger partial charge in [-0.05, 0) is 36.0 Å². The zero-order chi connectivity index (χ0) is 35.9. The summed E-state index contributed by atoms with van der Waals surface area (Å²) >= 11 is 9.78. The second kappa shape index (κ2) is 32.2. The zero-order valence-electron chi connectivity index (χ0n) is 26.3. The van der Waals surface area contributed by atoms with Gasteiger partial charge in [0.1, 0.15) is 18.2 Å². The molecule has 0 saturated heterocycles. The summed E-state index contributed by atoms with van der Waals surface area (Å²) in [5.41, 5.74) is 3.49. The van der Waals surface area contributed by atoms with Crippen molar-refractivity contribution in [3.8, 4) is 0 Å². The number of Topliss-reactive ketones (excluding diaryl/α,β-unsaturated/α-hetero) is 3. The molecule has 0 atom stereocenters. The normalized spacial score (nSPS) is 9.45. The summed E-state index contributed by atoms with van der Waals surface area (Å²) in [6, 6.07) is 29.6. The first-order valence-electron chi connectivity index (χ1n) is 14.2. The predicted molar refractivity (Wildman–Crippen MR) is 200 cm³/mol. The molecule has 0 fully saturated rings. The summed E-state index contributed by atoms with van der Waals surface area (Å²) < 4.78 is 9.09. The van der Waals surface area contributed by atoms with Gasteiger partial charge in [-0.15, -0.1) is 24.2 Å². The molecule has 13 heteroatoms. The van der Waals surface area contributed by atoms with Crippen LogP contribution in [0.25, 0.3) is 0 Å². The van der Waals surface area contributed by atoms with E-state index in [1.54, 1.807) is 0 Å². The molecule has 0 aliphatic carbocycles. The van der Waals surface area contributed by atoms with E-state index in [0.717, 1.165) is 36.6 Å². The molecule has 0 bridgehead atoms. The van der Waals surface area contributed by atoms with Gasteiger partial charge in [0, 0.05) is 54.5 Å². The number of ketones is 3. The SMILES string of the molecule is CC(=O)S.CC(=O)SCC(=O)CCc1ccccc1.O=C(CCl)CCc1ccccc1.O=C(CO)CCc1ccccc1.O=S(Cl)Cl. The summed E-state index contributed by atoms with van der Waals surface area (Å²) in [5.74, 6) is 0.591. The van der Waals surface area contributed by atoms with Gasteiger partial charge in [-0.2, -0.15) is 0 Å². The van der Waals surface area contributed by atoms with Crippen LogP contribution in [-0.2, 0) is 52.5 Å². The van der Waals surface area contributed by atoms with Gasteiger partial charge in [-0.3, -0.25) is 24.0 Å². The number of thioether (sulfide) groups is 1. The van der Waals surface area contributed by atoms with Crippen LogP contribution in [0.1, 0.15) is 49.8 Å². The highest BCUT2D eigenvalue weighted by Gasteiger charge is 2.04. The van der Waals surface area contributed by atoms with Crippen molar-refractivity contribution in [2.24, 2.45) is 0 Å². The molecule has 3 aromatic carbocycles. The third-order valence-electron chi connectivity index (χ3n) is 5.37. The number of benzene rings is 3. The van der Waals surface area contributed by atoms with E-state index in [1.807, 2.05) is 91.0 Å². The molecule has 0 aliphatic rings. The van der Waals surface area contributed by atoms with Crippen molar-refractivity contribution >= 4 is 94.2 Å². The van der Waals surface area contributed by atoms with E-state index in [9.17, 15) is 24.0 Å². The number of thiol groups is 1. The highest BCUT2D eigenvalue weighted by molar-refractivity contribution is 8.26. The molecule has 3 aromatic rings. The number of halogens is 3. The van der Waals surface area contributed by atoms with E-state index >= 15 is 0 Å². The maximum atomic E-state index is 11.3. The number of carbonyl (C=O) groups excluding carboxylic acids is 5. The second-order valence-corrected chi connectivity index (χ2v) is 13.9. The Morgan fingerprint density at radius 2 is 0.957 bits per heavy atom. The zero-order valence-corrected chi connectivity index (χ0v) is 31.1. The number of aliphatic hydroxyl groups excluding tert-OH is 1. The lowest BCUT2D eigenvalue weighted by atomic mass is 10.1. The van der Waals surface area contributed by atoms with Gasteiger partial charge in [0.25, 0.3) is 0 Å². The fraction of sp³-hybridized carbons (Fsp3) is 0.324. The largest absolute Gasteiger partial charge is 0.389 e. The summed E-state index contributed by atoms with van der Waals surface area (Å²) in [5, 5.41) is 8.33. The highest BCUT2D eigenvalue weighted by atomic mass is 36.0. The maximum absolute atomic E-state index is 11.3. The van der Waals surface area contributed by atoms with Gasteiger partial charge in [0.05, 0.1) is 11.6 Å². The van der Waals surface area contributed by atoms with Crippen LogP contribution < -0.4 is 0 Å². The predicted octanol–water partition coefficient (Wildman–Crippen LogP) is 7.58. The maximum Gasteiger partial charge on any atom is 0.211 e. The molecule has 47 heavy (non-hydrogen) atoms. The number of carbonyl (C=O) groups is 5. The lowest BCUT2D eigenvalue weighted by Gasteiger charge is -1.99. The number of aryl methyl sites for hydroxylation is 3. The second-order valence-electron chi connectivity index (χ2n) is 9.35. The lowest BCUT2D eigenvalue weighted by molar-refractivity contribution is -0.121. The minimum atomic E-state index is -1.67. The summed E-state index contributed by atoms with van der Waals surface area (Å²) in [7, 11) is 7.36. The van der Waals surface area contributed by atoms with Gasteiger partial charge in [-0.1, -0.05) is 103 Å². The van der Waals surface area contributed by atoms with E-state index in [0.29, 0.717) is 25.0 Å². The van der Waals surface area contributed by atoms with Crippen LogP contribution >= 0.6 is 57.4 Å². The van der Waals surface area contributed by atoms with Crippen molar-refractivity contribution in [1.29, 1.82) is 0 Å². The van der Waals surface area contributed by atoms with E-state index in [2.05, 4.69) is 34.0 Å². The van der Waals surface area contributed by atoms with Crippen molar-refractivity contribution in [1.82, 2.24) is 0 Å². The minimum Gasteiger partial charge on any atom is -0.389 e. The number of hydrogen-bond acceptors (Lipinski definition) is 8. The van der Waals surface area contributed by atoms with Crippen LogP contribution in [0.5, 0.6) is 0 Å². The van der Waals surface area contributed by atoms with E-state index < -0.39 is 9.23 Å². The van der Waals surface area contributed by atoms with Crippen molar-refractivity contribution in [3.63, 3.8) is 0 Å². The van der Waals surface area contributed by atoms with Crippen LogP contribution in [0, 0.1) is 0 Å². The highest BCUT2D eigenvalue weighted by Crippen LogP contribution is 2.07. The number of alkyl halides is 1. The van der Waals surface area contributed by atoms with Crippen molar-refractivity contribution in [2.75, 3.05) is 18.2 Å². The Bertz CT molecular complexity index is 1240. The smallest absolute Gasteiger partial charge is 0.211 e. The first-order chi connectivity index (χ1) is 22.3. The molecule has 3 rings (SSSR count). The third kappa shape index (κ3) is 36.4. The molecule has 258 valence electrons. The summed E-state index contributed by atoms with van der Waals surface area (Å²) in [6.45, 7) is 2.53. The Balaban J connectivity index is 0. The van der Waals surface area contributed by atoms with E-state index in [4.69, 9.17) is 20.9 Å². The number of hydrogen-bond donors (Lipinski definition) is 2. The van der Waals surface area contributed by atoms with Gasteiger partial charge in [0.15, 0.2) is 16.0 Å². The molecule has 7 nitrogen and oxygen atoms in total. The molecule has 0 spiro atoms. The first kappa shape index (κ1) is 46.8. The summed E-state index contributed by atoms with van der Waals surface area (Å²) in [4.78, 5) is 52.9. The van der Waals surface area contributed by atoms with Crippen molar-refractivity contribution in [2.45, 2.75) is 52.4 Å². The van der Waals surface area contributed by atoms with Gasteiger partial charge < -0.3 is 5.11 Å². The van der Waals surface area contributed by atoms with Crippen LogP contribution in [-0.4, -0.2) is 55.1 Å². The Labute approximate surface area is 304 Å². The monoisotopic (exact) mass is 762 g/mol. The van der Waals surface area contributed by atoms with Crippen LogP contribution in [0.4, 0.5) is 0 Å². The van der Waals surface area contributed by atoms with Crippen molar-refractivity contribution < 1.29 is 33.3 Å². The quantitative estimate of drug-likeness (QED) is 0.104. The standard InChI is InChI=1S/C12H14O2S.C10H11ClO.C10H12O2.C2H4OS.Cl2OS/c1-10(13)15-9-12(14)8-7-11-5-3-2-4-6-11;2*11-8-10(12)7-6-9-4-2-1-3-5-9;1-2(3)4;1-4(2)3/h2-6H,7-9H2,1H3;1-5H,6-8H2;1-5,11H,6-8H2;1H3,(H,3,4);. The van der Waals surface area contributed by atoms with Gasteiger partial charge >= 0.3 is 0 Å². The average Bonchev–Trinajstić information content (AvgIpc) is 3.05. The molecular weight excluding hydrogens is 723 g/mol. The molecule has 1 N–H and O–H groups in total. The van der Waals surface area contributed by atoms with Crippen LogP contribution in [0.15, 0.2) is 91.0 Å². The van der Waals surface area contributed by atoms with Gasteiger partial charge in [0.2, 0.25) is 9.23 Å². The Morgan fingerprint density at radius 1 is 0.660 bits per heavy atom. The van der Waals surface area contributed by atoms with E-state index in [1.165, 1.54) is 25.0 Å². The Kier molecular flexibility index (Phi) is 32.1. The van der Waals surface area contributed by atoms with E-state index in [-0.39, 0.29) is 40.1 Å². The summed E-state index contributed by atoms with van der Waals surface area (Å²) in [6.07, 6.45) is 3.78. The minimum absolute atomic E-state index is 0.00283. The average molecular weight is 764 g/mol. The molecular formula is C34H41Cl3O7S3. The fourth-order valence-corrected chi connectivity index (χ4v) is 3.83. The number of aliphatic hydroxyl groups is 1. The molecule has 0 radical (unpaired) electrons. The topological polar surface area (TPSA) is 123 Å². The van der Waals surface area contributed by atoms with Gasteiger partial charge in [-0.25, -0.2) is 4.21 Å². The molecule has 0 aromatic heterocycles. The van der Waals surface area contributed by atoms with Crippen LogP contribution in [0.3, 0.4) is 0 Å². The third-order valence-corrected chi connectivity index (χ3v) is 6.54. The Hall–Kier alpha value is -2.31. The molecule has 0 heterocycles. The molecule has 0 amide bonds. The molecule has 0 aliphatic heterocycles. The molecule has 0 saturated carbocycles.